The highest BCUT2D eigenvalue weighted by Crippen LogP contribution is 2.27. The molecular weight excluding hydrogens is 572 g/mol. The fraction of sp³-hybridized carbons (Fsp3) is 0.455. The first-order valence-corrected chi connectivity index (χ1v) is 19.3. The highest BCUT2D eigenvalue weighted by Gasteiger charge is 2.36. The summed E-state index contributed by atoms with van der Waals surface area (Å²) in [5, 5.41) is 15.2. The van der Waals surface area contributed by atoms with E-state index in [9.17, 15) is 9.90 Å². The third-order valence-electron chi connectivity index (χ3n) is 8.49. The molecule has 232 valence electrons. The lowest BCUT2D eigenvalue weighted by molar-refractivity contribution is -0.137. The molecule has 10 nitrogen and oxygen atoms in total. The number of aliphatic hydroxyl groups is 1. The summed E-state index contributed by atoms with van der Waals surface area (Å²) in [6.45, 7) is 11.5. The van der Waals surface area contributed by atoms with Crippen molar-refractivity contribution in [1.82, 2.24) is 29.5 Å². The van der Waals surface area contributed by atoms with Crippen LogP contribution in [0, 0.1) is 0 Å². The first-order valence-electron chi connectivity index (χ1n) is 15.6. The fourth-order valence-corrected chi connectivity index (χ4v) is 6.64. The second-order valence-corrected chi connectivity index (χ2v) is 18.7. The van der Waals surface area contributed by atoms with Crippen molar-refractivity contribution in [3.63, 3.8) is 0 Å². The van der Waals surface area contributed by atoms with Gasteiger partial charge in [-0.1, -0.05) is 25.7 Å². The SMILES string of the molecule is C[Si](C)(C)CCOCn1nccc1-c1ccc(Oc2ccc3nc(CN4CCC(N5CC[C@H](O)C5=O)CC4)ccc3c2)nc1. The number of aromatic nitrogens is 4. The van der Waals surface area contributed by atoms with Crippen LogP contribution < -0.4 is 4.74 Å². The van der Waals surface area contributed by atoms with Crippen molar-refractivity contribution in [2.45, 2.75) is 70.4 Å². The van der Waals surface area contributed by atoms with E-state index >= 15 is 0 Å². The number of benzene rings is 1. The van der Waals surface area contributed by atoms with Gasteiger partial charge in [0.25, 0.3) is 5.91 Å². The number of nitrogens with zero attached hydrogens (tertiary/aromatic N) is 6. The van der Waals surface area contributed by atoms with Crippen LogP contribution in [-0.4, -0.2) is 87.0 Å². The van der Waals surface area contributed by atoms with Gasteiger partial charge in [0, 0.05) is 76.3 Å². The lowest BCUT2D eigenvalue weighted by Gasteiger charge is -2.36. The first-order chi connectivity index (χ1) is 21.2. The van der Waals surface area contributed by atoms with Crippen LogP contribution >= 0.6 is 0 Å². The van der Waals surface area contributed by atoms with Crippen LogP contribution in [0.3, 0.4) is 0 Å². The van der Waals surface area contributed by atoms with E-state index in [1.165, 1.54) is 0 Å². The maximum atomic E-state index is 12.2. The number of aliphatic hydroxyl groups excluding tert-OH is 1. The number of rotatable bonds is 11. The van der Waals surface area contributed by atoms with Crippen molar-refractivity contribution in [2.75, 3.05) is 26.2 Å². The zero-order valence-corrected chi connectivity index (χ0v) is 26.9. The molecule has 4 aromatic rings. The lowest BCUT2D eigenvalue weighted by atomic mass is 10.0. The van der Waals surface area contributed by atoms with Crippen molar-refractivity contribution in [3.8, 4) is 22.9 Å². The zero-order valence-electron chi connectivity index (χ0n) is 25.9. The molecule has 44 heavy (non-hydrogen) atoms. The number of hydrogen-bond acceptors (Lipinski definition) is 8. The highest BCUT2D eigenvalue weighted by molar-refractivity contribution is 6.76. The van der Waals surface area contributed by atoms with Crippen LogP contribution in [-0.2, 0) is 22.8 Å². The van der Waals surface area contributed by atoms with Gasteiger partial charge in [-0.3, -0.25) is 14.7 Å². The minimum atomic E-state index is -1.13. The molecule has 1 N–H and O–H groups in total. The Balaban J connectivity index is 1.02. The van der Waals surface area contributed by atoms with Gasteiger partial charge in [-0.2, -0.15) is 5.10 Å². The third kappa shape index (κ3) is 7.35. The molecule has 2 fully saturated rings. The van der Waals surface area contributed by atoms with Crippen LogP contribution in [0.1, 0.15) is 25.0 Å². The normalized spacial score (nSPS) is 18.4. The van der Waals surface area contributed by atoms with Gasteiger partial charge in [-0.05, 0) is 61.7 Å². The fourth-order valence-electron chi connectivity index (χ4n) is 5.89. The molecule has 11 heteroatoms. The molecule has 0 spiro atoms. The monoisotopic (exact) mass is 614 g/mol. The summed E-state index contributed by atoms with van der Waals surface area (Å²) in [4.78, 5) is 25.9. The summed E-state index contributed by atoms with van der Waals surface area (Å²) in [5.74, 6) is 1.12. The molecule has 5 heterocycles. The Morgan fingerprint density at radius 3 is 2.57 bits per heavy atom. The van der Waals surface area contributed by atoms with E-state index in [2.05, 4.69) is 46.8 Å². The molecule has 2 saturated heterocycles. The number of carbonyl (C=O) groups is 1. The second kappa shape index (κ2) is 13.2. The van der Waals surface area contributed by atoms with E-state index in [0.717, 1.165) is 73.0 Å². The van der Waals surface area contributed by atoms with Crippen molar-refractivity contribution >= 4 is 24.9 Å². The number of ether oxygens (including phenoxy) is 2. The summed E-state index contributed by atoms with van der Waals surface area (Å²) in [7, 11) is -1.13. The number of fused-ring (bicyclic) bond motifs is 1. The molecule has 0 saturated carbocycles. The van der Waals surface area contributed by atoms with E-state index in [-0.39, 0.29) is 11.9 Å². The number of amides is 1. The molecule has 1 amide bonds. The quantitative estimate of drug-likeness (QED) is 0.183. The van der Waals surface area contributed by atoms with Gasteiger partial charge in [0.15, 0.2) is 0 Å². The molecule has 0 radical (unpaired) electrons. The van der Waals surface area contributed by atoms with Crippen molar-refractivity contribution in [3.05, 3.63) is 66.6 Å². The Morgan fingerprint density at radius 2 is 1.84 bits per heavy atom. The molecule has 2 aliphatic rings. The van der Waals surface area contributed by atoms with E-state index in [1.807, 2.05) is 46.0 Å². The van der Waals surface area contributed by atoms with E-state index in [4.69, 9.17) is 14.5 Å². The van der Waals surface area contributed by atoms with E-state index < -0.39 is 14.2 Å². The minimum Gasteiger partial charge on any atom is -0.439 e. The molecule has 2 aliphatic heterocycles. The van der Waals surface area contributed by atoms with Crippen LogP contribution in [0.4, 0.5) is 0 Å². The van der Waals surface area contributed by atoms with Gasteiger partial charge in [0.2, 0.25) is 5.88 Å². The molecule has 1 aromatic carbocycles. The maximum Gasteiger partial charge on any atom is 0.251 e. The van der Waals surface area contributed by atoms with Gasteiger partial charge in [-0.25, -0.2) is 9.67 Å². The van der Waals surface area contributed by atoms with Crippen molar-refractivity contribution in [1.29, 1.82) is 0 Å². The molecular formula is C33H42N6O4Si. The first kappa shape index (κ1) is 30.4. The summed E-state index contributed by atoms with van der Waals surface area (Å²) < 4.78 is 13.8. The number of pyridine rings is 2. The number of hydrogen-bond donors (Lipinski definition) is 1. The van der Waals surface area contributed by atoms with Gasteiger partial charge < -0.3 is 19.5 Å². The largest absolute Gasteiger partial charge is 0.439 e. The van der Waals surface area contributed by atoms with Crippen LogP contribution in [0.2, 0.25) is 25.7 Å². The Kier molecular flexibility index (Phi) is 9.08. The lowest BCUT2D eigenvalue weighted by Crippen LogP contribution is -2.46. The predicted octanol–water partition coefficient (Wildman–Crippen LogP) is 5.16. The summed E-state index contributed by atoms with van der Waals surface area (Å²) in [6.07, 6.45) is 5.18. The maximum absolute atomic E-state index is 12.2. The molecule has 0 bridgehead atoms. The summed E-state index contributed by atoms with van der Waals surface area (Å²) in [6, 6.07) is 17.2. The zero-order chi connectivity index (χ0) is 30.7. The number of piperidine rings is 1. The van der Waals surface area contributed by atoms with Gasteiger partial charge >= 0.3 is 0 Å². The predicted molar refractivity (Wildman–Crippen MR) is 172 cm³/mol. The number of carbonyl (C=O) groups excluding carboxylic acids is 1. The Bertz CT molecular complexity index is 1580. The Morgan fingerprint density at radius 1 is 1.00 bits per heavy atom. The molecule has 0 aliphatic carbocycles. The Labute approximate surface area is 259 Å². The average molecular weight is 615 g/mol. The van der Waals surface area contributed by atoms with Crippen LogP contribution in [0.25, 0.3) is 22.2 Å². The third-order valence-corrected chi connectivity index (χ3v) is 10.2. The van der Waals surface area contributed by atoms with Gasteiger partial charge in [0.1, 0.15) is 18.6 Å². The molecule has 0 unspecified atom stereocenters. The summed E-state index contributed by atoms with van der Waals surface area (Å²) in [5.41, 5.74) is 3.85. The smallest absolute Gasteiger partial charge is 0.251 e. The van der Waals surface area contributed by atoms with Crippen molar-refractivity contribution in [2.24, 2.45) is 0 Å². The molecule has 3 aromatic heterocycles. The molecule has 1 atom stereocenters. The van der Waals surface area contributed by atoms with Crippen molar-refractivity contribution < 1.29 is 19.4 Å². The average Bonchev–Trinajstić information content (AvgIpc) is 3.62. The Hall–Kier alpha value is -3.64. The van der Waals surface area contributed by atoms with E-state index in [1.54, 1.807) is 12.4 Å². The summed E-state index contributed by atoms with van der Waals surface area (Å²) >= 11 is 0. The molecule has 6 rings (SSSR count). The minimum absolute atomic E-state index is 0.103. The second-order valence-electron chi connectivity index (χ2n) is 13.1. The van der Waals surface area contributed by atoms with E-state index in [0.29, 0.717) is 31.3 Å². The van der Waals surface area contributed by atoms with Gasteiger partial charge in [0.05, 0.1) is 16.9 Å². The number of likely N-dealkylation sites (tertiary alicyclic amines) is 2. The van der Waals surface area contributed by atoms with Crippen LogP contribution in [0.5, 0.6) is 11.6 Å². The standard InChI is InChI=1S/C33H42N6O4Si/c1-44(2,3)19-18-42-23-39-30(10-14-35-39)25-5-9-32(34-21-25)43-28-7-8-29-24(20-28)4-6-26(36-29)22-37-15-11-27(12-16-37)38-17-13-31(40)33(38)41/h4-10,14,20-21,27,31,40H,11-13,15-19,22-23H2,1-3H3/t31-/m0/s1. The highest BCUT2D eigenvalue weighted by atomic mass is 28.3. The topological polar surface area (TPSA) is 106 Å². The van der Waals surface area contributed by atoms with Crippen LogP contribution in [0.15, 0.2) is 60.9 Å². The van der Waals surface area contributed by atoms with Gasteiger partial charge in [-0.15, -0.1) is 0 Å².